The van der Waals surface area contributed by atoms with Crippen molar-refractivity contribution in [3.63, 3.8) is 0 Å². The van der Waals surface area contributed by atoms with E-state index in [9.17, 15) is 4.79 Å². The van der Waals surface area contributed by atoms with Crippen molar-refractivity contribution < 1.29 is 14.3 Å². The number of hydrogen-bond acceptors (Lipinski definition) is 4. The quantitative estimate of drug-likeness (QED) is 0.316. The summed E-state index contributed by atoms with van der Waals surface area (Å²) in [6, 6.07) is 16.1. The topological polar surface area (TPSA) is 61.5 Å². The molecule has 0 atom stereocenters. The van der Waals surface area contributed by atoms with Gasteiger partial charge in [-0.3, -0.25) is 0 Å². The van der Waals surface area contributed by atoms with Gasteiger partial charge in [0.2, 0.25) is 0 Å². The fourth-order valence-corrected chi connectivity index (χ4v) is 2.49. The number of nitrogens with two attached hydrogens (primary N) is 1. The molecule has 5 heteroatoms. The number of carbonyl (C=O) groups is 1. The van der Waals surface area contributed by atoms with E-state index in [-0.39, 0.29) is 11.4 Å². The van der Waals surface area contributed by atoms with E-state index >= 15 is 0 Å². The predicted molar refractivity (Wildman–Crippen MR) is 95.7 cm³/mol. The molecule has 0 heterocycles. The minimum Gasteiger partial charge on any atom is -0.457 e. The third-order valence-electron chi connectivity index (χ3n) is 3.38. The fraction of sp³-hybridized carbons (Fsp3) is 0. The van der Waals surface area contributed by atoms with Crippen molar-refractivity contribution >= 4 is 34.0 Å². The van der Waals surface area contributed by atoms with Crippen LogP contribution in [0.3, 0.4) is 0 Å². The molecule has 2 N–H and O–H groups in total. The standard InChI is InChI=1S/C19H14ClNO3/c1-2-18(22)24-19-14-9-8-12(20)10-15(14)17(11-16(19)21)23-13-6-4-3-5-7-13/h2-11H,1,21H2. The van der Waals surface area contributed by atoms with Crippen molar-refractivity contribution in [1.82, 2.24) is 0 Å². The van der Waals surface area contributed by atoms with E-state index in [0.717, 1.165) is 6.08 Å². The summed E-state index contributed by atoms with van der Waals surface area (Å²) in [5, 5.41) is 1.85. The molecule has 3 aromatic carbocycles. The molecule has 0 radical (unpaired) electrons. The average Bonchev–Trinajstić information content (AvgIpc) is 2.59. The van der Waals surface area contributed by atoms with Gasteiger partial charge in [-0.15, -0.1) is 0 Å². The molecule has 0 aliphatic heterocycles. The van der Waals surface area contributed by atoms with E-state index in [1.165, 1.54) is 0 Å². The lowest BCUT2D eigenvalue weighted by Crippen LogP contribution is -2.06. The number of hydrogen-bond donors (Lipinski definition) is 1. The Morgan fingerprint density at radius 1 is 1.08 bits per heavy atom. The Kier molecular flexibility index (Phi) is 4.40. The third-order valence-corrected chi connectivity index (χ3v) is 3.62. The number of benzene rings is 3. The zero-order valence-corrected chi connectivity index (χ0v) is 13.4. The molecule has 0 amide bonds. The van der Waals surface area contributed by atoms with Crippen LogP contribution in [0.15, 0.2) is 67.3 Å². The second-order valence-corrected chi connectivity index (χ2v) is 5.46. The highest BCUT2D eigenvalue weighted by Gasteiger charge is 2.15. The van der Waals surface area contributed by atoms with Crippen molar-refractivity contribution in [2.75, 3.05) is 5.73 Å². The van der Waals surface area contributed by atoms with Crippen LogP contribution in [0.2, 0.25) is 5.02 Å². The number of rotatable bonds is 4. The predicted octanol–water partition coefficient (Wildman–Crippen LogP) is 4.96. The Balaban J connectivity index is 2.16. The van der Waals surface area contributed by atoms with E-state index in [0.29, 0.717) is 27.3 Å². The van der Waals surface area contributed by atoms with Crippen LogP contribution in [-0.4, -0.2) is 5.97 Å². The smallest absolute Gasteiger partial charge is 0.335 e. The Labute approximate surface area is 144 Å². The molecule has 120 valence electrons. The first kappa shape index (κ1) is 15.9. The van der Waals surface area contributed by atoms with E-state index in [1.807, 2.05) is 30.3 Å². The van der Waals surface area contributed by atoms with Crippen molar-refractivity contribution in [2.24, 2.45) is 0 Å². The molecule has 0 unspecified atom stereocenters. The highest BCUT2D eigenvalue weighted by atomic mass is 35.5. The summed E-state index contributed by atoms with van der Waals surface area (Å²) in [5.41, 5.74) is 6.34. The van der Waals surface area contributed by atoms with Gasteiger partial charge < -0.3 is 15.2 Å². The fourth-order valence-electron chi connectivity index (χ4n) is 2.31. The number of ether oxygens (including phenoxy) is 2. The van der Waals surface area contributed by atoms with Gasteiger partial charge in [-0.05, 0) is 30.3 Å². The highest BCUT2D eigenvalue weighted by molar-refractivity contribution is 6.31. The van der Waals surface area contributed by atoms with Crippen LogP contribution < -0.4 is 15.2 Å². The molecule has 3 aromatic rings. The van der Waals surface area contributed by atoms with Crippen LogP contribution in [0.1, 0.15) is 0 Å². The number of fused-ring (bicyclic) bond motifs is 1. The van der Waals surface area contributed by atoms with Crippen molar-refractivity contribution in [3.05, 3.63) is 72.3 Å². The number of halogens is 1. The minimum atomic E-state index is -0.588. The Hall–Kier alpha value is -2.98. The van der Waals surface area contributed by atoms with Gasteiger partial charge in [-0.2, -0.15) is 0 Å². The molecular formula is C19H14ClNO3. The van der Waals surface area contributed by atoms with Crippen LogP contribution in [0.4, 0.5) is 5.69 Å². The normalized spacial score (nSPS) is 10.4. The second-order valence-electron chi connectivity index (χ2n) is 5.02. The first-order valence-corrected chi connectivity index (χ1v) is 7.55. The third kappa shape index (κ3) is 3.19. The number of anilines is 1. The largest absolute Gasteiger partial charge is 0.457 e. The number of esters is 1. The van der Waals surface area contributed by atoms with Crippen molar-refractivity contribution in [1.29, 1.82) is 0 Å². The lowest BCUT2D eigenvalue weighted by Gasteiger charge is -2.14. The molecule has 4 nitrogen and oxygen atoms in total. The maximum Gasteiger partial charge on any atom is 0.335 e. The van der Waals surface area contributed by atoms with Gasteiger partial charge in [0.15, 0.2) is 5.75 Å². The SMILES string of the molecule is C=CC(=O)Oc1c(N)cc(Oc2ccccc2)c2cc(Cl)ccc12. The maximum atomic E-state index is 11.6. The van der Waals surface area contributed by atoms with Gasteiger partial charge in [0.05, 0.1) is 5.69 Å². The van der Waals surface area contributed by atoms with Crippen molar-refractivity contribution in [2.45, 2.75) is 0 Å². The van der Waals surface area contributed by atoms with Crippen LogP contribution in [0.5, 0.6) is 17.2 Å². The molecule has 0 aliphatic carbocycles. The molecule has 24 heavy (non-hydrogen) atoms. The summed E-state index contributed by atoms with van der Waals surface area (Å²) in [6.07, 6.45) is 1.08. The zero-order chi connectivity index (χ0) is 17.1. The van der Waals surface area contributed by atoms with Gasteiger partial charge in [-0.25, -0.2) is 4.79 Å². The van der Waals surface area contributed by atoms with Gasteiger partial charge in [0.25, 0.3) is 0 Å². The van der Waals surface area contributed by atoms with E-state index in [2.05, 4.69) is 6.58 Å². The number of nitrogen functional groups attached to an aromatic ring is 1. The van der Waals surface area contributed by atoms with Gasteiger partial charge in [0, 0.05) is 27.9 Å². The summed E-state index contributed by atoms with van der Waals surface area (Å²) in [6.45, 7) is 3.39. The lowest BCUT2D eigenvalue weighted by molar-refractivity contribution is -0.128. The summed E-state index contributed by atoms with van der Waals surface area (Å²) in [7, 11) is 0. The monoisotopic (exact) mass is 339 g/mol. The number of carbonyl (C=O) groups excluding carboxylic acids is 1. The van der Waals surface area contributed by atoms with Crippen LogP contribution in [0, 0.1) is 0 Å². The summed E-state index contributed by atoms with van der Waals surface area (Å²) >= 11 is 6.11. The lowest BCUT2D eigenvalue weighted by atomic mass is 10.1. The Bertz CT molecular complexity index is 923. The van der Waals surface area contributed by atoms with Gasteiger partial charge in [0.1, 0.15) is 11.5 Å². The van der Waals surface area contributed by atoms with E-state index in [4.69, 9.17) is 26.8 Å². The summed E-state index contributed by atoms with van der Waals surface area (Å²) < 4.78 is 11.2. The molecular weight excluding hydrogens is 326 g/mol. The molecule has 0 fully saturated rings. The van der Waals surface area contributed by atoms with Crippen molar-refractivity contribution in [3.8, 4) is 17.2 Å². The van der Waals surface area contributed by atoms with Crippen LogP contribution in [0.25, 0.3) is 10.8 Å². The molecule has 0 aliphatic rings. The minimum absolute atomic E-state index is 0.256. The summed E-state index contributed by atoms with van der Waals surface area (Å²) in [5.74, 6) is 0.852. The molecule has 0 bridgehead atoms. The van der Waals surface area contributed by atoms with Gasteiger partial charge >= 0.3 is 5.97 Å². The first-order valence-electron chi connectivity index (χ1n) is 7.17. The Morgan fingerprint density at radius 2 is 1.83 bits per heavy atom. The molecule has 0 aromatic heterocycles. The second kappa shape index (κ2) is 6.64. The molecule has 3 rings (SSSR count). The first-order chi connectivity index (χ1) is 11.6. The Morgan fingerprint density at radius 3 is 2.54 bits per heavy atom. The molecule has 0 saturated heterocycles. The highest BCUT2D eigenvalue weighted by Crippen LogP contribution is 2.41. The van der Waals surface area contributed by atoms with E-state index in [1.54, 1.807) is 24.3 Å². The molecule has 0 spiro atoms. The average molecular weight is 340 g/mol. The summed E-state index contributed by atoms with van der Waals surface area (Å²) in [4.78, 5) is 11.6. The van der Waals surface area contributed by atoms with E-state index < -0.39 is 5.97 Å². The maximum absolute atomic E-state index is 11.6. The van der Waals surface area contributed by atoms with Crippen LogP contribution in [-0.2, 0) is 4.79 Å². The number of para-hydroxylation sites is 1. The molecule has 0 saturated carbocycles. The van der Waals surface area contributed by atoms with Crippen LogP contribution >= 0.6 is 11.6 Å². The van der Waals surface area contributed by atoms with Gasteiger partial charge in [-0.1, -0.05) is 36.4 Å². The zero-order valence-electron chi connectivity index (χ0n) is 12.7.